The first kappa shape index (κ1) is 19.1. The van der Waals surface area contributed by atoms with E-state index in [0.717, 1.165) is 79.8 Å². The highest BCUT2D eigenvalue weighted by Crippen LogP contribution is 2.31. The standard InChI is InChI=1S/C22H28N6O2/c1-26-14-16(13-24-26)19-12-18-20(6-7-23-21(18)25-19)27-8-10-28(11-9-27)22(30)15-2-4-17(29)5-3-15/h6-7,12-15,17,29H,2-5,8-11H2,1H3,(H,23,25)/t15-,17+. The number of rotatable bonds is 3. The minimum absolute atomic E-state index is 0.0827. The molecule has 2 fully saturated rings. The Morgan fingerprint density at radius 3 is 2.63 bits per heavy atom. The summed E-state index contributed by atoms with van der Waals surface area (Å²) in [7, 11) is 1.91. The van der Waals surface area contributed by atoms with Gasteiger partial charge in [-0.25, -0.2) is 4.98 Å². The number of aliphatic hydroxyl groups excluding tert-OH is 1. The number of nitrogens with zero attached hydrogens (tertiary/aromatic N) is 5. The number of pyridine rings is 1. The third-order valence-corrected chi connectivity index (χ3v) is 6.50. The van der Waals surface area contributed by atoms with E-state index in [1.807, 2.05) is 30.5 Å². The molecule has 1 aliphatic heterocycles. The Hall–Kier alpha value is -2.87. The fraction of sp³-hybridized carbons (Fsp3) is 0.500. The fourth-order valence-corrected chi connectivity index (χ4v) is 4.75. The number of nitrogens with one attached hydrogen (secondary N) is 1. The first-order valence-corrected chi connectivity index (χ1v) is 10.8. The van der Waals surface area contributed by atoms with Crippen molar-refractivity contribution in [1.29, 1.82) is 0 Å². The number of aryl methyl sites for hydroxylation is 1. The highest BCUT2D eigenvalue weighted by molar-refractivity contribution is 5.93. The molecule has 158 valence electrons. The lowest BCUT2D eigenvalue weighted by Gasteiger charge is -2.38. The summed E-state index contributed by atoms with van der Waals surface area (Å²) >= 11 is 0. The van der Waals surface area contributed by atoms with Crippen molar-refractivity contribution in [3.8, 4) is 11.3 Å². The molecule has 3 aromatic rings. The predicted molar refractivity (Wildman–Crippen MR) is 115 cm³/mol. The summed E-state index contributed by atoms with van der Waals surface area (Å²) in [5.74, 6) is 0.348. The molecule has 2 aliphatic rings. The Morgan fingerprint density at radius 1 is 1.17 bits per heavy atom. The first-order chi connectivity index (χ1) is 14.6. The lowest BCUT2D eigenvalue weighted by atomic mass is 9.86. The third-order valence-electron chi connectivity index (χ3n) is 6.50. The van der Waals surface area contributed by atoms with Crippen LogP contribution < -0.4 is 4.90 Å². The molecule has 1 amide bonds. The summed E-state index contributed by atoms with van der Waals surface area (Å²) in [6.07, 6.45) is 8.57. The number of H-pyrrole nitrogens is 1. The molecule has 8 nitrogen and oxygen atoms in total. The third kappa shape index (κ3) is 3.56. The molecule has 3 aromatic heterocycles. The van der Waals surface area contributed by atoms with E-state index in [4.69, 9.17) is 0 Å². The van der Waals surface area contributed by atoms with Crippen LogP contribution in [0.1, 0.15) is 25.7 Å². The summed E-state index contributed by atoms with van der Waals surface area (Å²) in [5.41, 5.74) is 4.06. The van der Waals surface area contributed by atoms with E-state index in [9.17, 15) is 9.90 Å². The lowest BCUT2D eigenvalue weighted by Crippen LogP contribution is -2.51. The van der Waals surface area contributed by atoms with Crippen molar-refractivity contribution in [1.82, 2.24) is 24.6 Å². The van der Waals surface area contributed by atoms with Crippen LogP contribution in [-0.2, 0) is 11.8 Å². The van der Waals surface area contributed by atoms with Gasteiger partial charge in [-0.1, -0.05) is 0 Å². The van der Waals surface area contributed by atoms with Gasteiger partial charge in [-0.3, -0.25) is 9.48 Å². The van der Waals surface area contributed by atoms with Gasteiger partial charge in [0.25, 0.3) is 0 Å². The summed E-state index contributed by atoms with van der Waals surface area (Å²) < 4.78 is 1.79. The number of aromatic nitrogens is 4. The zero-order chi connectivity index (χ0) is 20.7. The van der Waals surface area contributed by atoms with Crippen LogP contribution in [0.15, 0.2) is 30.7 Å². The molecule has 1 aliphatic carbocycles. The molecule has 30 heavy (non-hydrogen) atoms. The number of amides is 1. The number of carbonyl (C=O) groups excluding carboxylic acids is 1. The van der Waals surface area contributed by atoms with Crippen molar-refractivity contribution in [2.24, 2.45) is 13.0 Å². The first-order valence-electron chi connectivity index (χ1n) is 10.8. The summed E-state index contributed by atoms with van der Waals surface area (Å²) in [5, 5.41) is 15.1. The van der Waals surface area contributed by atoms with Crippen molar-refractivity contribution < 1.29 is 9.90 Å². The van der Waals surface area contributed by atoms with E-state index in [-0.39, 0.29) is 17.9 Å². The number of hydrogen-bond donors (Lipinski definition) is 2. The quantitative estimate of drug-likeness (QED) is 0.693. The molecule has 8 heteroatoms. The predicted octanol–water partition coefficient (Wildman–Crippen LogP) is 2.16. The van der Waals surface area contributed by atoms with Crippen LogP contribution in [0.4, 0.5) is 5.69 Å². The van der Waals surface area contributed by atoms with Gasteiger partial charge in [0.2, 0.25) is 5.91 Å². The Bertz CT molecular complexity index is 1040. The van der Waals surface area contributed by atoms with E-state index < -0.39 is 0 Å². The Morgan fingerprint density at radius 2 is 1.93 bits per heavy atom. The van der Waals surface area contributed by atoms with Crippen molar-refractivity contribution in [3.63, 3.8) is 0 Å². The van der Waals surface area contributed by atoms with Gasteiger partial charge >= 0.3 is 0 Å². The molecule has 1 saturated carbocycles. The van der Waals surface area contributed by atoms with Gasteiger partial charge < -0.3 is 19.9 Å². The second-order valence-electron chi connectivity index (χ2n) is 8.50. The molecule has 5 rings (SSSR count). The molecular formula is C22H28N6O2. The maximum Gasteiger partial charge on any atom is 0.225 e. The van der Waals surface area contributed by atoms with Crippen LogP contribution in [0.2, 0.25) is 0 Å². The molecular weight excluding hydrogens is 380 g/mol. The van der Waals surface area contributed by atoms with Gasteiger partial charge in [-0.2, -0.15) is 5.10 Å². The maximum absolute atomic E-state index is 12.9. The Labute approximate surface area is 175 Å². The van der Waals surface area contributed by atoms with Crippen LogP contribution in [0, 0.1) is 5.92 Å². The SMILES string of the molecule is Cn1cc(-c2cc3c(N4CCN(C(=O)[C@H]5CC[C@@H](O)CC5)CC4)ccnc3[nH]2)cn1. The van der Waals surface area contributed by atoms with E-state index in [1.165, 1.54) is 0 Å². The molecule has 0 aromatic carbocycles. The van der Waals surface area contributed by atoms with Gasteiger partial charge in [0.15, 0.2) is 0 Å². The Kier molecular flexibility index (Phi) is 4.94. The number of aliphatic hydroxyl groups is 1. The normalized spacial score (nSPS) is 22.6. The number of piperazine rings is 1. The van der Waals surface area contributed by atoms with Crippen LogP contribution >= 0.6 is 0 Å². The highest BCUT2D eigenvalue weighted by Gasteiger charge is 2.31. The van der Waals surface area contributed by atoms with Gasteiger partial charge in [-0.15, -0.1) is 0 Å². The molecule has 2 N–H and O–H groups in total. The molecule has 1 saturated heterocycles. The average Bonchev–Trinajstić information content (AvgIpc) is 3.40. The van der Waals surface area contributed by atoms with E-state index in [2.05, 4.69) is 32.1 Å². The van der Waals surface area contributed by atoms with Gasteiger partial charge in [0.1, 0.15) is 5.65 Å². The molecule has 0 unspecified atom stereocenters. The maximum atomic E-state index is 12.9. The summed E-state index contributed by atoms with van der Waals surface area (Å²) in [6.45, 7) is 3.10. The second-order valence-corrected chi connectivity index (χ2v) is 8.50. The summed E-state index contributed by atoms with van der Waals surface area (Å²) in [6, 6.07) is 4.20. The van der Waals surface area contributed by atoms with E-state index in [1.54, 1.807) is 4.68 Å². The number of fused-ring (bicyclic) bond motifs is 1. The number of aromatic amines is 1. The largest absolute Gasteiger partial charge is 0.393 e. The van der Waals surface area contributed by atoms with Crippen LogP contribution in [0.3, 0.4) is 0 Å². The Balaban J connectivity index is 1.30. The van der Waals surface area contributed by atoms with Gasteiger partial charge in [0.05, 0.1) is 18.0 Å². The summed E-state index contributed by atoms with van der Waals surface area (Å²) in [4.78, 5) is 25.1. The van der Waals surface area contributed by atoms with Gasteiger partial charge in [0, 0.05) is 68.2 Å². The smallest absolute Gasteiger partial charge is 0.225 e. The topological polar surface area (TPSA) is 90.3 Å². The number of carbonyl (C=O) groups is 1. The van der Waals surface area contributed by atoms with Crippen LogP contribution in [0.25, 0.3) is 22.3 Å². The number of hydrogen-bond acceptors (Lipinski definition) is 5. The minimum Gasteiger partial charge on any atom is -0.393 e. The van der Waals surface area contributed by atoms with Gasteiger partial charge in [-0.05, 0) is 37.8 Å². The van der Waals surface area contributed by atoms with Crippen molar-refractivity contribution >= 4 is 22.6 Å². The zero-order valence-electron chi connectivity index (χ0n) is 17.3. The van der Waals surface area contributed by atoms with Crippen molar-refractivity contribution in [2.75, 3.05) is 31.1 Å². The lowest BCUT2D eigenvalue weighted by molar-refractivity contribution is -0.137. The highest BCUT2D eigenvalue weighted by atomic mass is 16.3. The molecule has 0 spiro atoms. The molecule has 0 radical (unpaired) electrons. The molecule has 0 atom stereocenters. The minimum atomic E-state index is -0.224. The number of anilines is 1. The van der Waals surface area contributed by atoms with Crippen molar-refractivity contribution in [3.05, 3.63) is 30.7 Å². The van der Waals surface area contributed by atoms with Crippen molar-refractivity contribution in [2.45, 2.75) is 31.8 Å². The zero-order valence-corrected chi connectivity index (χ0v) is 17.3. The van der Waals surface area contributed by atoms with E-state index >= 15 is 0 Å². The molecule has 4 heterocycles. The van der Waals surface area contributed by atoms with Crippen LogP contribution in [0.5, 0.6) is 0 Å². The average molecular weight is 409 g/mol. The fourth-order valence-electron chi connectivity index (χ4n) is 4.75. The monoisotopic (exact) mass is 408 g/mol. The van der Waals surface area contributed by atoms with Crippen LogP contribution in [-0.4, -0.2) is 67.9 Å². The second kappa shape index (κ2) is 7.75. The molecule has 0 bridgehead atoms. The van der Waals surface area contributed by atoms with E-state index in [0.29, 0.717) is 0 Å².